The van der Waals surface area contributed by atoms with E-state index in [1.807, 2.05) is 0 Å². The molecule has 3 rings (SSSR count). The van der Waals surface area contributed by atoms with Gasteiger partial charge in [0.05, 0.1) is 25.0 Å². The minimum atomic E-state index is 0.337. The third-order valence-corrected chi connectivity index (χ3v) is 4.43. The number of anilines is 1. The van der Waals surface area contributed by atoms with Crippen LogP contribution in [0.25, 0.3) is 0 Å². The molecule has 1 N–H and O–H groups in total. The van der Waals surface area contributed by atoms with Crippen LogP contribution in [0.15, 0.2) is 12.1 Å². The van der Waals surface area contributed by atoms with Gasteiger partial charge in [0.1, 0.15) is 6.61 Å². The molecule has 0 saturated carbocycles. The molecule has 1 fully saturated rings. The fraction of sp³-hybridized carbons (Fsp3) is 0.667. The number of nitrogens with one attached hydrogen (secondary N) is 1. The van der Waals surface area contributed by atoms with Gasteiger partial charge in [0.15, 0.2) is 11.5 Å². The van der Waals surface area contributed by atoms with Crippen molar-refractivity contribution < 1.29 is 14.2 Å². The lowest BCUT2D eigenvalue weighted by atomic mass is 10.1. The summed E-state index contributed by atoms with van der Waals surface area (Å²) in [6.07, 6.45) is 2.86. The minimum absolute atomic E-state index is 0.337. The summed E-state index contributed by atoms with van der Waals surface area (Å²) in [5.41, 5.74) is 2.35. The molecule has 0 aromatic heterocycles. The molecular formula is C18H28N2O3. The van der Waals surface area contributed by atoms with Crippen LogP contribution in [0.1, 0.15) is 25.8 Å². The van der Waals surface area contributed by atoms with Crippen LogP contribution >= 0.6 is 0 Å². The summed E-state index contributed by atoms with van der Waals surface area (Å²) in [4.78, 5) is 2.51. The lowest BCUT2D eigenvalue weighted by molar-refractivity contribution is -0.0680. The first-order chi connectivity index (χ1) is 11.2. The van der Waals surface area contributed by atoms with Crippen LogP contribution in [-0.4, -0.2) is 57.0 Å². The number of aryl methyl sites for hydroxylation is 1. The van der Waals surface area contributed by atoms with Gasteiger partial charge >= 0.3 is 0 Å². The molecule has 0 radical (unpaired) electrons. The molecular weight excluding hydrogens is 292 g/mol. The number of hydrogen-bond donors (Lipinski definition) is 1. The topological polar surface area (TPSA) is 43.0 Å². The highest BCUT2D eigenvalue weighted by Gasteiger charge is 2.22. The molecule has 1 aromatic rings. The predicted molar refractivity (Wildman–Crippen MR) is 91.7 cm³/mol. The first kappa shape index (κ1) is 16.4. The number of ether oxygens (including phenoxy) is 3. The second kappa shape index (κ2) is 7.41. The maximum absolute atomic E-state index is 5.79. The third kappa shape index (κ3) is 4.09. The van der Waals surface area contributed by atoms with Crippen molar-refractivity contribution in [3.63, 3.8) is 0 Å². The summed E-state index contributed by atoms with van der Waals surface area (Å²) in [5, 5.41) is 3.40. The monoisotopic (exact) mass is 320 g/mol. The fourth-order valence-corrected chi connectivity index (χ4v) is 3.55. The number of benzene rings is 1. The lowest BCUT2D eigenvalue weighted by Gasteiger charge is -2.35. The molecule has 2 aliphatic heterocycles. The maximum Gasteiger partial charge on any atom is 0.184 e. The zero-order chi connectivity index (χ0) is 16.2. The average Bonchev–Trinajstić information content (AvgIpc) is 2.53. The molecule has 23 heavy (non-hydrogen) atoms. The number of morpholine rings is 1. The fourth-order valence-electron chi connectivity index (χ4n) is 3.55. The highest BCUT2D eigenvalue weighted by Crippen LogP contribution is 2.38. The predicted octanol–water partition coefficient (Wildman–Crippen LogP) is 2.54. The Kier molecular flexibility index (Phi) is 5.28. The number of methoxy groups -OCH3 is 1. The van der Waals surface area contributed by atoms with Crippen LogP contribution in [-0.2, 0) is 11.2 Å². The molecule has 2 heterocycles. The quantitative estimate of drug-likeness (QED) is 0.903. The van der Waals surface area contributed by atoms with Gasteiger partial charge in [-0.1, -0.05) is 0 Å². The Hall–Kier alpha value is -1.46. The number of hydrogen-bond acceptors (Lipinski definition) is 5. The zero-order valence-electron chi connectivity index (χ0n) is 14.4. The summed E-state index contributed by atoms with van der Waals surface area (Å²) in [6.45, 7) is 9.03. The molecule has 1 aromatic carbocycles. The molecule has 0 bridgehead atoms. The first-order valence-electron chi connectivity index (χ1n) is 8.61. The van der Waals surface area contributed by atoms with Crippen molar-refractivity contribution in [2.45, 2.75) is 38.9 Å². The van der Waals surface area contributed by atoms with Crippen LogP contribution < -0.4 is 14.8 Å². The van der Waals surface area contributed by atoms with Crippen LogP contribution in [0.3, 0.4) is 0 Å². The summed E-state index contributed by atoms with van der Waals surface area (Å²) in [6, 6.07) is 4.30. The van der Waals surface area contributed by atoms with Crippen LogP contribution in [0.4, 0.5) is 5.69 Å². The third-order valence-electron chi connectivity index (χ3n) is 4.43. The van der Waals surface area contributed by atoms with Gasteiger partial charge in [0, 0.05) is 19.6 Å². The minimum Gasteiger partial charge on any atom is -0.493 e. The van der Waals surface area contributed by atoms with E-state index in [4.69, 9.17) is 14.2 Å². The van der Waals surface area contributed by atoms with Crippen molar-refractivity contribution in [1.29, 1.82) is 0 Å². The van der Waals surface area contributed by atoms with Crippen molar-refractivity contribution >= 4 is 5.69 Å². The molecule has 2 aliphatic rings. The summed E-state index contributed by atoms with van der Waals surface area (Å²) >= 11 is 0. The SMILES string of the molecule is COc1cc(CCCN2CC(C)OC(C)C2)cc2c1OCCN2. The molecule has 5 heteroatoms. The van der Waals surface area contributed by atoms with E-state index in [0.717, 1.165) is 56.2 Å². The standard InChI is InChI=1S/C18H28N2O3/c1-13-11-20(12-14(2)23-13)7-4-5-15-9-16-18(17(10-15)21-3)22-8-6-19-16/h9-10,13-14,19H,4-8,11-12H2,1-3H3. The van der Waals surface area contributed by atoms with Gasteiger partial charge in [-0.2, -0.15) is 0 Å². The molecule has 128 valence electrons. The summed E-state index contributed by atoms with van der Waals surface area (Å²) in [5.74, 6) is 1.68. The van der Waals surface area contributed by atoms with E-state index in [0.29, 0.717) is 18.8 Å². The van der Waals surface area contributed by atoms with Crippen LogP contribution in [0.2, 0.25) is 0 Å². The highest BCUT2D eigenvalue weighted by atomic mass is 16.5. The van der Waals surface area contributed by atoms with Crippen LogP contribution in [0, 0.1) is 0 Å². The molecule has 1 saturated heterocycles. The van der Waals surface area contributed by atoms with E-state index in [9.17, 15) is 0 Å². The van der Waals surface area contributed by atoms with Gasteiger partial charge in [-0.05, 0) is 50.9 Å². The Bertz CT molecular complexity index is 508. The molecule has 0 aliphatic carbocycles. The van der Waals surface area contributed by atoms with Gasteiger partial charge in [-0.15, -0.1) is 0 Å². The Morgan fingerprint density at radius 2 is 2.04 bits per heavy atom. The van der Waals surface area contributed by atoms with E-state index < -0.39 is 0 Å². The number of rotatable bonds is 5. The molecule has 2 atom stereocenters. The van der Waals surface area contributed by atoms with Gasteiger partial charge in [0.2, 0.25) is 0 Å². The Morgan fingerprint density at radius 1 is 1.26 bits per heavy atom. The maximum atomic E-state index is 5.79. The van der Waals surface area contributed by atoms with E-state index in [2.05, 4.69) is 36.2 Å². The van der Waals surface area contributed by atoms with Crippen molar-refractivity contribution in [2.24, 2.45) is 0 Å². The van der Waals surface area contributed by atoms with Gasteiger partial charge in [-0.25, -0.2) is 0 Å². The summed E-state index contributed by atoms with van der Waals surface area (Å²) in [7, 11) is 1.70. The van der Waals surface area contributed by atoms with Crippen molar-refractivity contribution in [2.75, 3.05) is 45.2 Å². The van der Waals surface area contributed by atoms with E-state index in [1.54, 1.807) is 7.11 Å². The van der Waals surface area contributed by atoms with E-state index in [1.165, 1.54) is 5.56 Å². The molecule has 0 amide bonds. The second-order valence-corrected chi connectivity index (χ2v) is 6.57. The molecule has 0 spiro atoms. The smallest absolute Gasteiger partial charge is 0.184 e. The second-order valence-electron chi connectivity index (χ2n) is 6.57. The van der Waals surface area contributed by atoms with Gasteiger partial charge < -0.3 is 19.5 Å². The molecule has 5 nitrogen and oxygen atoms in total. The van der Waals surface area contributed by atoms with Gasteiger partial charge in [0.25, 0.3) is 0 Å². The highest BCUT2D eigenvalue weighted by molar-refractivity contribution is 5.66. The van der Waals surface area contributed by atoms with Crippen molar-refractivity contribution in [3.8, 4) is 11.5 Å². The molecule has 2 unspecified atom stereocenters. The average molecular weight is 320 g/mol. The zero-order valence-corrected chi connectivity index (χ0v) is 14.4. The van der Waals surface area contributed by atoms with Crippen molar-refractivity contribution in [3.05, 3.63) is 17.7 Å². The normalized spacial score (nSPS) is 24.5. The van der Waals surface area contributed by atoms with Gasteiger partial charge in [-0.3, -0.25) is 4.90 Å². The lowest BCUT2D eigenvalue weighted by Crippen LogP contribution is -2.45. The Balaban J connectivity index is 1.58. The van der Waals surface area contributed by atoms with E-state index in [-0.39, 0.29) is 0 Å². The number of fused-ring (bicyclic) bond motifs is 1. The largest absolute Gasteiger partial charge is 0.493 e. The summed E-state index contributed by atoms with van der Waals surface area (Å²) < 4.78 is 17.0. The van der Waals surface area contributed by atoms with Crippen LogP contribution in [0.5, 0.6) is 11.5 Å². The first-order valence-corrected chi connectivity index (χ1v) is 8.61. The van der Waals surface area contributed by atoms with E-state index >= 15 is 0 Å². The Morgan fingerprint density at radius 3 is 2.78 bits per heavy atom. The number of nitrogens with zero attached hydrogens (tertiary/aromatic N) is 1. The van der Waals surface area contributed by atoms with Crippen molar-refractivity contribution in [1.82, 2.24) is 4.90 Å². The Labute approximate surface area is 138 Å².